The molecule has 0 heterocycles. The molecule has 0 aliphatic heterocycles. The van der Waals surface area contributed by atoms with Crippen molar-refractivity contribution in [3.8, 4) is 0 Å². The van der Waals surface area contributed by atoms with Crippen molar-refractivity contribution in [2.45, 2.75) is 64.3 Å². The Morgan fingerprint density at radius 3 is 2.13 bits per heavy atom. The molecule has 4 bridgehead atoms. The van der Waals surface area contributed by atoms with Gasteiger partial charge in [0.2, 0.25) is 5.91 Å². The average Bonchev–Trinajstić information content (AvgIpc) is 2.43. The highest BCUT2D eigenvalue weighted by atomic mass is 16.2. The third kappa shape index (κ3) is 4.25. The first kappa shape index (κ1) is 16.7. The Balaban J connectivity index is 1.40. The lowest BCUT2D eigenvalue weighted by Crippen LogP contribution is -2.60. The molecule has 0 radical (unpaired) electrons. The van der Waals surface area contributed by atoms with Gasteiger partial charge in [-0.15, -0.1) is 0 Å². The number of hydrogen-bond acceptors (Lipinski definition) is 3. The first-order valence-corrected chi connectivity index (χ1v) is 9.27. The molecule has 0 aromatic rings. The minimum absolute atomic E-state index is 0.167. The minimum Gasteiger partial charge on any atom is -0.338 e. The molecular weight excluding hydrogens is 290 g/mol. The van der Waals surface area contributed by atoms with Crippen molar-refractivity contribution in [2.24, 2.45) is 23.7 Å². The predicted octanol–water partition coefficient (Wildman–Crippen LogP) is 2.42. The van der Waals surface area contributed by atoms with Crippen LogP contribution >= 0.6 is 0 Å². The van der Waals surface area contributed by atoms with E-state index in [-0.39, 0.29) is 24.0 Å². The summed E-state index contributed by atoms with van der Waals surface area (Å²) in [6, 6.07) is -0.372. The van der Waals surface area contributed by atoms with Gasteiger partial charge >= 0.3 is 6.03 Å². The minimum atomic E-state index is -0.372. The lowest BCUT2D eigenvalue weighted by Gasteiger charge is -2.57. The molecule has 5 heteroatoms. The van der Waals surface area contributed by atoms with Crippen molar-refractivity contribution in [3.63, 3.8) is 0 Å². The van der Waals surface area contributed by atoms with Crippen molar-refractivity contribution in [1.29, 1.82) is 0 Å². The van der Waals surface area contributed by atoms with Crippen molar-refractivity contribution in [2.75, 3.05) is 13.1 Å². The Morgan fingerprint density at radius 1 is 1.04 bits per heavy atom. The maximum Gasteiger partial charge on any atom is 0.321 e. The second-order valence-corrected chi connectivity index (χ2v) is 8.54. The number of carbonyl (C=O) groups excluding carboxylic acids is 2. The summed E-state index contributed by atoms with van der Waals surface area (Å²) in [6.07, 6.45) is 8.75. The van der Waals surface area contributed by atoms with E-state index in [1.54, 1.807) is 0 Å². The van der Waals surface area contributed by atoms with Gasteiger partial charge in [0.1, 0.15) is 0 Å². The Morgan fingerprint density at radius 2 is 1.61 bits per heavy atom. The van der Waals surface area contributed by atoms with Crippen LogP contribution in [0, 0.1) is 23.7 Å². The van der Waals surface area contributed by atoms with E-state index in [4.69, 9.17) is 0 Å². The highest BCUT2D eigenvalue weighted by molar-refractivity contribution is 5.95. The van der Waals surface area contributed by atoms with Gasteiger partial charge in [0, 0.05) is 12.1 Å². The van der Waals surface area contributed by atoms with Gasteiger partial charge in [-0.25, -0.2) is 4.79 Å². The summed E-state index contributed by atoms with van der Waals surface area (Å²) < 4.78 is 0. The second-order valence-electron chi connectivity index (χ2n) is 8.54. The third-order valence-corrected chi connectivity index (χ3v) is 5.92. The van der Waals surface area contributed by atoms with Gasteiger partial charge in [0.25, 0.3) is 0 Å². The molecule has 23 heavy (non-hydrogen) atoms. The van der Waals surface area contributed by atoms with Crippen LogP contribution in [0.25, 0.3) is 0 Å². The fourth-order valence-electron chi connectivity index (χ4n) is 5.28. The van der Waals surface area contributed by atoms with E-state index in [1.165, 1.54) is 38.5 Å². The van der Waals surface area contributed by atoms with Crippen LogP contribution < -0.4 is 16.0 Å². The summed E-state index contributed by atoms with van der Waals surface area (Å²) >= 11 is 0. The van der Waals surface area contributed by atoms with Crippen molar-refractivity contribution < 1.29 is 9.59 Å². The van der Waals surface area contributed by atoms with Crippen LogP contribution in [0.4, 0.5) is 4.79 Å². The second kappa shape index (κ2) is 6.80. The summed E-state index contributed by atoms with van der Waals surface area (Å²) in [4.78, 5) is 23.7. The molecule has 4 rings (SSSR count). The van der Waals surface area contributed by atoms with Crippen LogP contribution in [-0.4, -0.2) is 30.6 Å². The molecule has 0 saturated heterocycles. The Kier molecular flexibility index (Phi) is 4.95. The van der Waals surface area contributed by atoms with E-state index >= 15 is 0 Å². The normalized spacial score (nSPS) is 34.7. The zero-order valence-electron chi connectivity index (χ0n) is 14.5. The topological polar surface area (TPSA) is 70.2 Å². The molecule has 4 aliphatic rings. The van der Waals surface area contributed by atoms with E-state index in [0.29, 0.717) is 12.5 Å². The monoisotopic (exact) mass is 321 g/mol. The molecule has 5 nitrogen and oxygen atoms in total. The Bertz CT molecular complexity index is 426. The highest BCUT2D eigenvalue weighted by Crippen LogP contribution is 2.55. The van der Waals surface area contributed by atoms with Gasteiger partial charge in [0.05, 0.1) is 6.54 Å². The number of urea groups is 1. The number of hydrogen-bond donors (Lipinski definition) is 3. The molecule has 0 aromatic carbocycles. The molecule has 4 fully saturated rings. The molecule has 4 aliphatic carbocycles. The first-order chi connectivity index (χ1) is 10.9. The summed E-state index contributed by atoms with van der Waals surface area (Å²) in [5.41, 5.74) is 0.167. The lowest BCUT2D eigenvalue weighted by molar-refractivity contribution is -0.120. The zero-order chi connectivity index (χ0) is 16.4. The molecule has 130 valence electrons. The summed E-state index contributed by atoms with van der Waals surface area (Å²) in [5.74, 6) is 2.90. The van der Waals surface area contributed by atoms with E-state index in [1.807, 2.05) is 0 Å². The van der Waals surface area contributed by atoms with E-state index < -0.39 is 0 Å². The lowest BCUT2D eigenvalue weighted by atomic mass is 9.53. The van der Waals surface area contributed by atoms with Crippen LogP contribution in [0.3, 0.4) is 0 Å². The first-order valence-electron chi connectivity index (χ1n) is 9.27. The number of imide groups is 1. The molecule has 3 amide bonds. The van der Waals surface area contributed by atoms with Crippen LogP contribution in [0.15, 0.2) is 0 Å². The van der Waals surface area contributed by atoms with Crippen LogP contribution in [0.2, 0.25) is 0 Å². The average molecular weight is 321 g/mol. The van der Waals surface area contributed by atoms with Crippen LogP contribution in [0.5, 0.6) is 0 Å². The highest BCUT2D eigenvalue weighted by Gasteiger charge is 2.50. The summed E-state index contributed by atoms with van der Waals surface area (Å²) in [5, 5.41) is 8.69. The van der Waals surface area contributed by atoms with Crippen LogP contribution in [0.1, 0.15) is 58.8 Å². The number of rotatable bonds is 6. The van der Waals surface area contributed by atoms with Crippen molar-refractivity contribution >= 4 is 11.9 Å². The standard InChI is InChI=1S/C18H31N3O2/c1-12(2)3-4-19-17(23)21-16(22)11-20-18-8-13-5-14(9-18)7-15(6-13)10-18/h12-15,20H,3-11H2,1-2H3,(H2,19,21,22,23). The third-order valence-electron chi connectivity index (χ3n) is 5.92. The maximum atomic E-state index is 12.0. The van der Waals surface area contributed by atoms with Gasteiger partial charge in [-0.1, -0.05) is 13.8 Å². The SMILES string of the molecule is CC(C)CCNC(=O)NC(=O)CNC12CC3CC(CC(C3)C1)C2. The number of amides is 3. The maximum absolute atomic E-state index is 12.0. The molecule has 0 aromatic heterocycles. The molecule has 0 unspecified atom stereocenters. The number of carbonyl (C=O) groups is 2. The van der Waals surface area contributed by atoms with E-state index in [0.717, 1.165) is 24.2 Å². The summed E-state index contributed by atoms with van der Waals surface area (Å²) in [7, 11) is 0. The molecule has 0 atom stereocenters. The van der Waals surface area contributed by atoms with Crippen molar-refractivity contribution in [1.82, 2.24) is 16.0 Å². The fraction of sp³-hybridized carbons (Fsp3) is 0.889. The van der Waals surface area contributed by atoms with Gasteiger partial charge in [0.15, 0.2) is 0 Å². The van der Waals surface area contributed by atoms with Gasteiger partial charge < -0.3 is 10.6 Å². The van der Waals surface area contributed by atoms with E-state index in [2.05, 4.69) is 29.8 Å². The zero-order valence-corrected chi connectivity index (χ0v) is 14.5. The predicted molar refractivity (Wildman–Crippen MR) is 89.9 cm³/mol. The van der Waals surface area contributed by atoms with Crippen LogP contribution in [-0.2, 0) is 4.79 Å². The quantitative estimate of drug-likeness (QED) is 0.703. The Labute approximate surface area is 139 Å². The van der Waals surface area contributed by atoms with Gasteiger partial charge in [-0.05, 0) is 68.6 Å². The Hall–Kier alpha value is -1.10. The van der Waals surface area contributed by atoms with Gasteiger partial charge in [-0.2, -0.15) is 0 Å². The molecule has 0 spiro atoms. The summed E-state index contributed by atoms with van der Waals surface area (Å²) in [6.45, 7) is 5.09. The molecular formula is C18H31N3O2. The molecule has 3 N–H and O–H groups in total. The number of nitrogens with one attached hydrogen (secondary N) is 3. The van der Waals surface area contributed by atoms with Crippen molar-refractivity contribution in [3.05, 3.63) is 0 Å². The molecule has 4 saturated carbocycles. The van der Waals surface area contributed by atoms with Gasteiger partial charge in [-0.3, -0.25) is 10.1 Å². The fourth-order valence-corrected chi connectivity index (χ4v) is 5.28. The van der Waals surface area contributed by atoms with E-state index in [9.17, 15) is 9.59 Å². The smallest absolute Gasteiger partial charge is 0.321 e. The largest absolute Gasteiger partial charge is 0.338 e.